The van der Waals surface area contributed by atoms with Gasteiger partial charge in [0.05, 0.1) is 0 Å². The van der Waals surface area contributed by atoms with Crippen molar-refractivity contribution < 1.29 is 9.18 Å². The van der Waals surface area contributed by atoms with Gasteiger partial charge in [0.25, 0.3) is 0 Å². The van der Waals surface area contributed by atoms with E-state index in [1.807, 2.05) is 0 Å². The third-order valence-corrected chi connectivity index (χ3v) is 3.55. The Hall–Kier alpha value is -1.38. The average molecular weight is 221 g/mol. The van der Waals surface area contributed by atoms with Gasteiger partial charge in [0.1, 0.15) is 11.4 Å². The van der Waals surface area contributed by atoms with Crippen LogP contribution in [-0.4, -0.2) is 23.3 Å². The van der Waals surface area contributed by atoms with Crippen LogP contribution in [0, 0.1) is 0 Å². The predicted octanol–water partition coefficient (Wildman–Crippen LogP) is 2.74. The third kappa shape index (κ3) is 1.51. The van der Waals surface area contributed by atoms with Gasteiger partial charge in [-0.3, -0.25) is 4.79 Å². The van der Waals surface area contributed by atoms with Crippen LogP contribution in [0.3, 0.4) is 0 Å². The lowest BCUT2D eigenvalue weighted by Gasteiger charge is -2.42. The largest absolute Gasteiger partial charge is 0.362 e. The fraction of sp³-hybridized carbons (Fsp3) is 0.462. The summed E-state index contributed by atoms with van der Waals surface area (Å²) >= 11 is 0. The first-order valence-electron chi connectivity index (χ1n) is 5.58. The molecule has 1 saturated carbocycles. The van der Waals surface area contributed by atoms with Crippen molar-refractivity contribution in [1.82, 2.24) is 4.90 Å². The van der Waals surface area contributed by atoms with E-state index >= 15 is 0 Å². The second kappa shape index (κ2) is 3.89. The van der Waals surface area contributed by atoms with Crippen molar-refractivity contribution in [3.8, 4) is 0 Å². The van der Waals surface area contributed by atoms with Gasteiger partial charge in [-0.05, 0) is 30.9 Å². The Balaban J connectivity index is 2.47. The smallest absolute Gasteiger partial charge is 0.162 e. The molecule has 0 unspecified atom stereocenters. The molecule has 2 rings (SSSR count). The number of hydrogen-bond acceptors (Lipinski definition) is 2. The number of ketones is 1. The lowest BCUT2D eigenvalue weighted by Crippen LogP contribution is -2.53. The Morgan fingerprint density at radius 1 is 1.44 bits per heavy atom. The van der Waals surface area contributed by atoms with E-state index in [-0.39, 0.29) is 11.6 Å². The molecule has 2 aliphatic rings. The van der Waals surface area contributed by atoms with E-state index in [4.69, 9.17) is 0 Å². The minimum Gasteiger partial charge on any atom is -0.362 e. The van der Waals surface area contributed by atoms with Crippen LogP contribution in [0.1, 0.15) is 25.7 Å². The summed E-state index contributed by atoms with van der Waals surface area (Å²) in [5.41, 5.74) is -0.00799. The number of halogens is 1. The Labute approximate surface area is 95.1 Å². The van der Waals surface area contributed by atoms with E-state index < -0.39 is 5.54 Å². The maximum Gasteiger partial charge on any atom is 0.162 e. The minimum atomic E-state index is -0.706. The Bertz CT molecular complexity index is 397. The molecule has 3 heteroatoms. The molecule has 0 aromatic heterocycles. The zero-order chi connectivity index (χ0) is 11.8. The van der Waals surface area contributed by atoms with Crippen molar-refractivity contribution in [3.05, 3.63) is 36.3 Å². The summed E-state index contributed by atoms with van der Waals surface area (Å²) in [6.45, 7) is 3.94. The summed E-state index contributed by atoms with van der Waals surface area (Å²) < 4.78 is 13.3. The topological polar surface area (TPSA) is 20.3 Å². The van der Waals surface area contributed by atoms with Gasteiger partial charge in [0.2, 0.25) is 0 Å². The van der Waals surface area contributed by atoms with Crippen molar-refractivity contribution >= 4 is 5.78 Å². The van der Waals surface area contributed by atoms with Gasteiger partial charge in [0.15, 0.2) is 5.78 Å². The summed E-state index contributed by atoms with van der Waals surface area (Å²) in [6, 6.07) is 0. The highest BCUT2D eigenvalue weighted by Gasteiger charge is 2.44. The summed E-state index contributed by atoms with van der Waals surface area (Å²) in [4.78, 5) is 13.8. The molecule has 0 radical (unpaired) electrons. The fourth-order valence-corrected chi connectivity index (χ4v) is 2.61. The Kier molecular flexibility index (Phi) is 2.70. The van der Waals surface area contributed by atoms with Crippen LogP contribution in [-0.2, 0) is 4.79 Å². The van der Waals surface area contributed by atoms with Crippen LogP contribution in [0.5, 0.6) is 0 Å². The molecule has 16 heavy (non-hydrogen) atoms. The second-order valence-electron chi connectivity index (χ2n) is 4.47. The molecule has 2 nitrogen and oxygen atoms in total. The van der Waals surface area contributed by atoms with Crippen molar-refractivity contribution in [2.24, 2.45) is 0 Å². The van der Waals surface area contributed by atoms with Gasteiger partial charge in [0, 0.05) is 19.7 Å². The van der Waals surface area contributed by atoms with Crippen molar-refractivity contribution in [2.75, 3.05) is 7.05 Å². The number of carbonyl (C=O) groups is 1. The van der Waals surface area contributed by atoms with E-state index in [9.17, 15) is 9.18 Å². The normalized spacial score (nSPS) is 30.6. The van der Waals surface area contributed by atoms with Crippen molar-refractivity contribution in [1.29, 1.82) is 0 Å². The molecular formula is C13H16FNO. The molecule has 0 bridgehead atoms. The van der Waals surface area contributed by atoms with Gasteiger partial charge in [-0.1, -0.05) is 12.7 Å². The number of hydrogen-bond donors (Lipinski definition) is 0. The quantitative estimate of drug-likeness (QED) is 0.627. The molecule has 1 spiro atoms. The van der Waals surface area contributed by atoms with Gasteiger partial charge in [-0.2, -0.15) is 0 Å². The number of allylic oxidation sites excluding steroid dienone is 2. The van der Waals surface area contributed by atoms with Crippen LogP contribution >= 0.6 is 0 Å². The molecule has 1 heterocycles. The standard InChI is InChI=1S/C13H16FNO/c1-10-6-7-11(14)9-15(2)13(10)8-4-3-5-12(13)16/h6-7,9H,1,3-5,8H2,2H3/t13-/m0/s1. The van der Waals surface area contributed by atoms with E-state index in [0.717, 1.165) is 19.3 Å². The van der Waals surface area contributed by atoms with Gasteiger partial charge in [-0.25, -0.2) is 4.39 Å². The van der Waals surface area contributed by atoms with E-state index in [1.165, 1.54) is 12.3 Å². The number of nitrogens with zero attached hydrogens (tertiary/aromatic N) is 1. The lowest BCUT2D eigenvalue weighted by atomic mass is 9.75. The molecule has 0 N–H and O–H groups in total. The average Bonchev–Trinajstić information content (AvgIpc) is 2.35. The molecule has 1 fully saturated rings. The molecule has 86 valence electrons. The first-order valence-corrected chi connectivity index (χ1v) is 5.58. The highest BCUT2D eigenvalue weighted by molar-refractivity contribution is 5.93. The van der Waals surface area contributed by atoms with E-state index in [1.54, 1.807) is 18.0 Å². The summed E-state index contributed by atoms with van der Waals surface area (Å²) in [7, 11) is 1.75. The first kappa shape index (κ1) is 11.1. The first-order chi connectivity index (χ1) is 7.57. The molecular weight excluding hydrogens is 205 g/mol. The van der Waals surface area contributed by atoms with Crippen LogP contribution < -0.4 is 0 Å². The fourth-order valence-electron chi connectivity index (χ4n) is 2.61. The Morgan fingerprint density at radius 3 is 2.88 bits per heavy atom. The highest BCUT2D eigenvalue weighted by atomic mass is 19.1. The van der Waals surface area contributed by atoms with Crippen LogP contribution in [0.15, 0.2) is 36.3 Å². The summed E-state index contributed by atoms with van der Waals surface area (Å²) in [5, 5.41) is 0. The zero-order valence-corrected chi connectivity index (χ0v) is 9.50. The molecule has 1 aliphatic carbocycles. The Morgan fingerprint density at radius 2 is 2.19 bits per heavy atom. The van der Waals surface area contributed by atoms with Crippen molar-refractivity contribution in [3.63, 3.8) is 0 Å². The molecule has 0 aromatic rings. The predicted molar refractivity (Wildman–Crippen MR) is 61.4 cm³/mol. The zero-order valence-electron chi connectivity index (χ0n) is 9.50. The molecule has 0 saturated heterocycles. The van der Waals surface area contributed by atoms with Crippen molar-refractivity contribution in [2.45, 2.75) is 31.2 Å². The lowest BCUT2D eigenvalue weighted by molar-refractivity contribution is -0.129. The molecule has 1 aliphatic heterocycles. The maximum atomic E-state index is 13.3. The number of Topliss-reactive ketones (excluding diaryl/α,β-unsaturated/α-hetero) is 1. The SMILES string of the molecule is C=C1C=CC(F)=CN(C)[C@@]12CCCCC2=O. The minimum absolute atomic E-state index is 0.154. The second-order valence-corrected chi connectivity index (χ2v) is 4.47. The molecule has 0 amide bonds. The molecule has 1 atom stereocenters. The monoisotopic (exact) mass is 221 g/mol. The summed E-state index contributed by atoms with van der Waals surface area (Å²) in [5.74, 6) is -0.180. The third-order valence-electron chi connectivity index (χ3n) is 3.55. The number of rotatable bonds is 0. The maximum absolute atomic E-state index is 13.3. The van der Waals surface area contributed by atoms with E-state index in [0.29, 0.717) is 12.0 Å². The van der Waals surface area contributed by atoms with Crippen LogP contribution in [0.25, 0.3) is 0 Å². The molecule has 0 aromatic carbocycles. The van der Waals surface area contributed by atoms with Gasteiger partial charge >= 0.3 is 0 Å². The van der Waals surface area contributed by atoms with Gasteiger partial charge < -0.3 is 4.90 Å². The van der Waals surface area contributed by atoms with Crippen LogP contribution in [0.2, 0.25) is 0 Å². The van der Waals surface area contributed by atoms with Gasteiger partial charge in [-0.15, -0.1) is 0 Å². The summed E-state index contributed by atoms with van der Waals surface area (Å²) in [6.07, 6.45) is 7.59. The van der Waals surface area contributed by atoms with Crippen LogP contribution in [0.4, 0.5) is 4.39 Å². The highest BCUT2D eigenvalue weighted by Crippen LogP contribution is 2.38. The number of carbonyl (C=O) groups excluding carboxylic acids is 1. The van der Waals surface area contributed by atoms with E-state index in [2.05, 4.69) is 6.58 Å². The number of likely N-dealkylation sites (N-methyl/N-ethyl adjacent to an activating group) is 1.